The largest absolute Gasteiger partial charge is 0.486 e. The zero-order valence-electron chi connectivity index (χ0n) is 16.2. The fourth-order valence-corrected chi connectivity index (χ4v) is 3.71. The fraction of sp³-hybridized carbons (Fsp3) is 0.409. The predicted molar refractivity (Wildman–Crippen MR) is 109 cm³/mol. The van der Waals surface area contributed by atoms with E-state index in [0.717, 1.165) is 31.8 Å². The molecule has 1 fully saturated rings. The van der Waals surface area contributed by atoms with Crippen LogP contribution < -0.4 is 20.1 Å². The highest BCUT2D eigenvalue weighted by atomic mass is 16.6. The molecule has 0 unspecified atom stereocenters. The minimum absolute atomic E-state index is 0.186. The molecule has 1 saturated heterocycles. The third-order valence-corrected chi connectivity index (χ3v) is 5.25. The van der Waals surface area contributed by atoms with E-state index in [1.165, 1.54) is 11.1 Å². The molecule has 0 radical (unpaired) electrons. The number of fused-ring (bicyclic) bond motifs is 1. The first-order valence-electron chi connectivity index (χ1n) is 9.88. The van der Waals surface area contributed by atoms with Crippen molar-refractivity contribution in [3.8, 4) is 11.5 Å². The summed E-state index contributed by atoms with van der Waals surface area (Å²) in [5, 5.41) is 5.87. The molecule has 2 amide bonds. The number of amides is 2. The summed E-state index contributed by atoms with van der Waals surface area (Å²) in [7, 11) is 0. The summed E-state index contributed by atoms with van der Waals surface area (Å²) in [6, 6.07) is 14.0. The number of carbonyl (C=O) groups excluding carboxylic acids is 1. The van der Waals surface area contributed by atoms with Crippen molar-refractivity contribution in [1.82, 2.24) is 10.2 Å². The van der Waals surface area contributed by atoms with E-state index < -0.39 is 0 Å². The summed E-state index contributed by atoms with van der Waals surface area (Å²) in [6.45, 7) is 6.94. The number of likely N-dealkylation sites (tertiary alicyclic amines) is 1. The van der Waals surface area contributed by atoms with E-state index in [1.54, 1.807) is 6.07 Å². The Labute approximate surface area is 165 Å². The molecule has 0 aromatic heterocycles. The molecule has 2 aliphatic heterocycles. The average molecular weight is 381 g/mol. The quantitative estimate of drug-likeness (QED) is 0.833. The van der Waals surface area contributed by atoms with Crippen LogP contribution in [0.25, 0.3) is 0 Å². The Morgan fingerprint density at radius 2 is 1.89 bits per heavy atom. The van der Waals surface area contributed by atoms with Crippen molar-refractivity contribution in [3.05, 3.63) is 53.6 Å². The molecule has 0 bridgehead atoms. The third-order valence-electron chi connectivity index (χ3n) is 5.25. The molecular weight excluding hydrogens is 354 g/mol. The first-order chi connectivity index (χ1) is 13.7. The van der Waals surface area contributed by atoms with Gasteiger partial charge in [-0.25, -0.2) is 4.79 Å². The SMILES string of the molecule is Cc1ccc(CN2CC[C@@H](CNC(=O)Nc3ccc4c(c3)OCCO4)C2)cc1. The molecule has 6 nitrogen and oxygen atoms in total. The number of aryl methyl sites for hydroxylation is 1. The number of hydrogen-bond acceptors (Lipinski definition) is 4. The number of carbonyl (C=O) groups is 1. The molecule has 0 spiro atoms. The molecule has 2 aromatic rings. The number of ether oxygens (including phenoxy) is 2. The lowest BCUT2D eigenvalue weighted by Gasteiger charge is -2.19. The smallest absolute Gasteiger partial charge is 0.319 e. The highest BCUT2D eigenvalue weighted by Crippen LogP contribution is 2.32. The summed E-state index contributed by atoms with van der Waals surface area (Å²) in [6.07, 6.45) is 1.11. The van der Waals surface area contributed by atoms with E-state index in [0.29, 0.717) is 37.1 Å². The van der Waals surface area contributed by atoms with E-state index in [1.807, 2.05) is 12.1 Å². The minimum atomic E-state index is -0.186. The van der Waals surface area contributed by atoms with Crippen LogP contribution in [0.3, 0.4) is 0 Å². The van der Waals surface area contributed by atoms with Gasteiger partial charge in [0.25, 0.3) is 0 Å². The lowest BCUT2D eigenvalue weighted by atomic mass is 10.1. The van der Waals surface area contributed by atoms with Crippen molar-refractivity contribution in [1.29, 1.82) is 0 Å². The van der Waals surface area contributed by atoms with Gasteiger partial charge in [0.2, 0.25) is 0 Å². The minimum Gasteiger partial charge on any atom is -0.486 e. The molecule has 2 N–H and O–H groups in total. The first-order valence-corrected chi connectivity index (χ1v) is 9.88. The molecule has 0 saturated carbocycles. The molecule has 6 heteroatoms. The number of nitrogens with zero attached hydrogens (tertiary/aromatic N) is 1. The summed E-state index contributed by atoms with van der Waals surface area (Å²) in [4.78, 5) is 14.7. The van der Waals surface area contributed by atoms with Gasteiger partial charge >= 0.3 is 6.03 Å². The van der Waals surface area contributed by atoms with E-state index in [-0.39, 0.29) is 6.03 Å². The van der Waals surface area contributed by atoms with Crippen LogP contribution in [0.5, 0.6) is 11.5 Å². The van der Waals surface area contributed by atoms with Gasteiger partial charge in [-0.15, -0.1) is 0 Å². The normalized spacial score (nSPS) is 18.7. The predicted octanol–water partition coefficient (Wildman–Crippen LogP) is 3.41. The molecule has 148 valence electrons. The number of nitrogens with one attached hydrogen (secondary N) is 2. The number of hydrogen-bond donors (Lipinski definition) is 2. The Morgan fingerprint density at radius 3 is 2.71 bits per heavy atom. The van der Waals surface area contributed by atoms with E-state index in [4.69, 9.17) is 9.47 Å². The Balaban J connectivity index is 1.21. The fourth-order valence-electron chi connectivity index (χ4n) is 3.71. The van der Waals surface area contributed by atoms with Crippen LogP contribution in [0, 0.1) is 12.8 Å². The maximum Gasteiger partial charge on any atom is 0.319 e. The summed E-state index contributed by atoms with van der Waals surface area (Å²) >= 11 is 0. The molecular formula is C22H27N3O3. The Hall–Kier alpha value is -2.73. The van der Waals surface area contributed by atoms with E-state index in [9.17, 15) is 4.79 Å². The van der Waals surface area contributed by atoms with Gasteiger partial charge < -0.3 is 20.1 Å². The number of benzene rings is 2. The van der Waals surface area contributed by atoms with Gasteiger partial charge in [0, 0.05) is 31.4 Å². The lowest BCUT2D eigenvalue weighted by Crippen LogP contribution is -2.34. The van der Waals surface area contributed by atoms with Gasteiger partial charge in [-0.3, -0.25) is 4.90 Å². The van der Waals surface area contributed by atoms with Crippen molar-refractivity contribution >= 4 is 11.7 Å². The standard InChI is InChI=1S/C22H27N3O3/c1-16-2-4-17(5-3-16)14-25-9-8-18(15-25)13-23-22(26)24-19-6-7-20-21(12-19)28-11-10-27-20/h2-7,12,18H,8-11,13-15H2,1H3,(H2,23,24,26)/t18-/m0/s1. The Kier molecular flexibility index (Phi) is 5.67. The van der Waals surface area contributed by atoms with Crippen molar-refractivity contribution in [2.24, 2.45) is 5.92 Å². The van der Waals surface area contributed by atoms with Crippen LogP contribution in [0.15, 0.2) is 42.5 Å². The molecule has 2 aliphatic rings. The third kappa shape index (κ3) is 4.75. The lowest BCUT2D eigenvalue weighted by molar-refractivity contribution is 0.171. The summed E-state index contributed by atoms with van der Waals surface area (Å²) < 4.78 is 11.1. The second-order valence-electron chi connectivity index (χ2n) is 7.57. The molecule has 1 atom stereocenters. The second kappa shape index (κ2) is 8.52. The Bertz CT molecular complexity index is 822. The van der Waals surface area contributed by atoms with Crippen LogP contribution in [0.4, 0.5) is 10.5 Å². The highest BCUT2D eigenvalue weighted by Gasteiger charge is 2.23. The maximum atomic E-state index is 12.2. The number of rotatable bonds is 5. The topological polar surface area (TPSA) is 62.8 Å². The van der Waals surface area contributed by atoms with Crippen LogP contribution in [-0.2, 0) is 6.54 Å². The van der Waals surface area contributed by atoms with Crippen molar-refractivity contribution in [2.75, 3.05) is 38.2 Å². The van der Waals surface area contributed by atoms with Crippen LogP contribution in [-0.4, -0.2) is 43.8 Å². The van der Waals surface area contributed by atoms with Gasteiger partial charge in [0.1, 0.15) is 13.2 Å². The van der Waals surface area contributed by atoms with Gasteiger partial charge in [0.15, 0.2) is 11.5 Å². The average Bonchev–Trinajstić information content (AvgIpc) is 3.15. The Morgan fingerprint density at radius 1 is 1.11 bits per heavy atom. The maximum absolute atomic E-state index is 12.2. The first kappa shape index (κ1) is 18.6. The van der Waals surface area contributed by atoms with Crippen molar-refractivity contribution in [3.63, 3.8) is 0 Å². The van der Waals surface area contributed by atoms with Crippen molar-refractivity contribution < 1.29 is 14.3 Å². The van der Waals surface area contributed by atoms with Gasteiger partial charge in [-0.2, -0.15) is 0 Å². The zero-order valence-corrected chi connectivity index (χ0v) is 16.2. The summed E-state index contributed by atoms with van der Waals surface area (Å²) in [5.41, 5.74) is 3.33. The monoisotopic (exact) mass is 381 g/mol. The van der Waals surface area contributed by atoms with E-state index >= 15 is 0 Å². The summed E-state index contributed by atoms with van der Waals surface area (Å²) in [5.74, 6) is 1.87. The molecule has 4 rings (SSSR count). The second-order valence-corrected chi connectivity index (χ2v) is 7.57. The zero-order chi connectivity index (χ0) is 19.3. The number of urea groups is 1. The molecule has 2 aromatic carbocycles. The number of anilines is 1. The van der Waals surface area contributed by atoms with Crippen LogP contribution >= 0.6 is 0 Å². The van der Waals surface area contributed by atoms with Gasteiger partial charge in [0.05, 0.1) is 0 Å². The van der Waals surface area contributed by atoms with Gasteiger partial charge in [-0.1, -0.05) is 29.8 Å². The molecule has 28 heavy (non-hydrogen) atoms. The van der Waals surface area contributed by atoms with Crippen molar-refractivity contribution in [2.45, 2.75) is 19.9 Å². The molecule has 0 aliphatic carbocycles. The highest BCUT2D eigenvalue weighted by molar-refractivity contribution is 5.89. The molecule has 2 heterocycles. The van der Waals surface area contributed by atoms with Gasteiger partial charge in [-0.05, 0) is 43.5 Å². The van der Waals surface area contributed by atoms with Crippen LogP contribution in [0.1, 0.15) is 17.5 Å². The van der Waals surface area contributed by atoms with Crippen LogP contribution in [0.2, 0.25) is 0 Å². The van der Waals surface area contributed by atoms with E-state index in [2.05, 4.69) is 46.7 Å².